The van der Waals surface area contributed by atoms with Crippen molar-refractivity contribution in [3.63, 3.8) is 0 Å². The van der Waals surface area contributed by atoms with Crippen LogP contribution in [-0.2, 0) is 0 Å². The van der Waals surface area contributed by atoms with E-state index in [-0.39, 0.29) is 18.2 Å². The molecule has 5 nitrogen and oxygen atoms in total. The number of nitro benzene ring substituents is 1. The molecule has 8 heteroatoms. The first-order valence-electron chi connectivity index (χ1n) is 7.13. The van der Waals surface area contributed by atoms with Gasteiger partial charge in [0, 0.05) is 50.8 Å². The average Bonchev–Trinajstić information content (AvgIpc) is 2.48. The summed E-state index contributed by atoms with van der Waals surface area (Å²) in [4.78, 5) is 12.2. The van der Waals surface area contributed by atoms with Crippen LogP contribution in [0.4, 0.5) is 18.9 Å². The molecule has 1 aliphatic heterocycles. The van der Waals surface area contributed by atoms with Crippen LogP contribution in [0.3, 0.4) is 0 Å². The number of hydrogen-bond acceptors (Lipinski definition) is 4. The smallest absolute Gasteiger partial charge is 0.314 e. The minimum absolute atomic E-state index is 0.0404. The molecule has 122 valence electrons. The van der Waals surface area contributed by atoms with Crippen LogP contribution >= 0.6 is 0 Å². The largest absolute Gasteiger partial charge is 0.389 e. The van der Waals surface area contributed by atoms with E-state index in [0.29, 0.717) is 18.7 Å². The number of nitrogens with zero attached hydrogens (tertiary/aromatic N) is 2. The third kappa shape index (κ3) is 4.67. The average molecular weight is 317 g/mol. The van der Waals surface area contributed by atoms with Crippen LogP contribution < -0.4 is 5.32 Å². The predicted octanol–water partition coefficient (Wildman–Crippen LogP) is 2.88. The quantitative estimate of drug-likeness (QED) is 0.670. The highest BCUT2D eigenvalue weighted by molar-refractivity contribution is 5.34. The van der Waals surface area contributed by atoms with Gasteiger partial charge in [0.1, 0.15) is 0 Å². The molecule has 1 heterocycles. The molecule has 1 fully saturated rings. The Kier molecular flexibility index (Phi) is 5.36. The lowest BCUT2D eigenvalue weighted by Crippen LogP contribution is -2.45. The molecule has 1 N–H and O–H groups in total. The minimum atomic E-state index is -4.20. The predicted molar refractivity (Wildman–Crippen MR) is 75.6 cm³/mol. The van der Waals surface area contributed by atoms with Crippen LogP contribution in [0.25, 0.3) is 0 Å². The second-order valence-corrected chi connectivity index (χ2v) is 5.30. The molecular formula is C14H18F3N3O2. The van der Waals surface area contributed by atoms with Gasteiger partial charge in [0.15, 0.2) is 0 Å². The Morgan fingerprint density at radius 3 is 2.32 bits per heavy atom. The Labute approximate surface area is 126 Å². The highest BCUT2D eigenvalue weighted by Crippen LogP contribution is 2.32. The van der Waals surface area contributed by atoms with Crippen molar-refractivity contribution in [3.8, 4) is 0 Å². The number of piperazine rings is 1. The van der Waals surface area contributed by atoms with Crippen LogP contribution in [0, 0.1) is 10.1 Å². The van der Waals surface area contributed by atoms with E-state index in [1.807, 2.05) is 4.90 Å². The van der Waals surface area contributed by atoms with Crippen molar-refractivity contribution < 1.29 is 18.1 Å². The van der Waals surface area contributed by atoms with Gasteiger partial charge in [0.2, 0.25) is 0 Å². The number of nitro groups is 1. The molecule has 22 heavy (non-hydrogen) atoms. The Morgan fingerprint density at radius 1 is 1.23 bits per heavy atom. The fourth-order valence-corrected chi connectivity index (χ4v) is 2.67. The molecule has 0 radical (unpaired) electrons. The van der Waals surface area contributed by atoms with E-state index in [2.05, 4.69) is 5.32 Å². The molecule has 0 bridgehead atoms. The van der Waals surface area contributed by atoms with Gasteiger partial charge in [-0.05, 0) is 12.0 Å². The zero-order valence-electron chi connectivity index (χ0n) is 12.0. The summed E-state index contributed by atoms with van der Waals surface area (Å²) in [5.41, 5.74) is 0.635. The van der Waals surface area contributed by atoms with E-state index in [4.69, 9.17) is 0 Å². The van der Waals surface area contributed by atoms with E-state index >= 15 is 0 Å². The number of rotatable bonds is 5. The Balaban J connectivity index is 2.16. The lowest BCUT2D eigenvalue weighted by molar-refractivity contribution is -0.384. The molecule has 0 spiro atoms. The summed E-state index contributed by atoms with van der Waals surface area (Å²) in [6.45, 7) is 2.80. The number of non-ortho nitro benzene ring substituents is 1. The van der Waals surface area contributed by atoms with E-state index in [0.717, 1.165) is 13.1 Å². The number of halogens is 3. The van der Waals surface area contributed by atoms with Gasteiger partial charge in [-0.3, -0.25) is 15.0 Å². The highest BCUT2D eigenvalue weighted by atomic mass is 19.4. The lowest BCUT2D eigenvalue weighted by atomic mass is 9.99. The molecule has 0 amide bonds. The zero-order chi connectivity index (χ0) is 16.2. The topological polar surface area (TPSA) is 58.4 Å². The van der Waals surface area contributed by atoms with Gasteiger partial charge in [-0.15, -0.1) is 0 Å². The Bertz CT molecular complexity index is 499. The maximum Gasteiger partial charge on any atom is 0.389 e. The third-order valence-electron chi connectivity index (χ3n) is 3.78. The maximum atomic E-state index is 12.5. The van der Waals surface area contributed by atoms with Gasteiger partial charge in [0.05, 0.1) is 4.92 Å². The monoisotopic (exact) mass is 317 g/mol. The number of benzene rings is 1. The number of alkyl halides is 3. The normalized spacial score (nSPS) is 18.1. The molecule has 1 aromatic carbocycles. The summed E-state index contributed by atoms with van der Waals surface area (Å²) >= 11 is 0. The highest BCUT2D eigenvalue weighted by Gasteiger charge is 2.31. The first-order valence-corrected chi connectivity index (χ1v) is 7.13. The van der Waals surface area contributed by atoms with Gasteiger partial charge < -0.3 is 5.32 Å². The summed E-state index contributed by atoms with van der Waals surface area (Å²) < 4.78 is 37.6. The Morgan fingerprint density at radius 2 is 1.82 bits per heavy atom. The van der Waals surface area contributed by atoms with Crippen molar-refractivity contribution in [1.82, 2.24) is 10.2 Å². The number of nitrogens with one attached hydrogen (secondary N) is 1. The van der Waals surface area contributed by atoms with E-state index in [9.17, 15) is 23.3 Å². The fraction of sp³-hybridized carbons (Fsp3) is 0.571. The van der Waals surface area contributed by atoms with Gasteiger partial charge in [-0.2, -0.15) is 13.2 Å². The van der Waals surface area contributed by atoms with Gasteiger partial charge in [-0.25, -0.2) is 0 Å². The molecular weight excluding hydrogens is 299 g/mol. The molecule has 0 aliphatic carbocycles. The summed E-state index contributed by atoms with van der Waals surface area (Å²) in [5, 5.41) is 13.8. The lowest BCUT2D eigenvalue weighted by Gasteiger charge is -2.35. The van der Waals surface area contributed by atoms with Crippen molar-refractivity contribution in [2.45, 2.75) is 25.1 Å². The SMILES string of the molecule is O=[N+]([O-])c1ccc([C@H](CCC(F)(F)F)N2CCNCC2)cc1. The van der Waals surface area contributed by atoms with E-state index in [1.54, 1.807) is 12.1 Å². The van der Waals surface area contributed by atoms with Crippen LogP contribution in [-0.4, -0.2) is 42.2 Å². The Hall–Kier alpha value is -1.67. The molecule has 2 rings (SSSR count). The number of hydrogen-bond donors (Lipinski definition) is 1. The second kappa shape index (κ2) is 7.06. The molecule has 0 saturated carbocycles. The van der Waals surface area contributed by atoms with E-state index in [1.165, 1.54) is 12.1 Å². The molecule has 0 aromatic heterocycles. The van der Waals surface area contributed by atoms with Crippen molar-refractivity contribution in [2.24, 2.45) is 0 Å². The van der Waals surface area contributed by atoms with Gasteiger partial charge in [-0.1, -0.05) is 12.1 Å². The minimum Gasteiger partial charge on any atom is -0.314 e. The van der Waals surface area contributed by atoms with Gasteiger partial charge >= 0.3 is 6.18 Å². The van der Waals surface area contributed by atoms with Crippen LogP contribution in [0.15, 0.2) is 24.3 Å². The van der Waals surface area contributed by atoms with Crippen LogP contribution in [0.2, 0.25) is 0 Å². The fourth-order valence-electron chi connectivity index (χ4n) is 2.67. The van der Waals surface area contributed by atoms with Gasteiger partial charge in [0.25, 0.3) is 5.69 Å². The molecule has 1 saturated heterocycles. The molecule has 1 atom stereocenters. The first-order chi connectivity index (χ1) is 10.4. The van der Waals surface area contributed by atoms with Crippen molar-refractivity contribution in [3.05, 3.63) is 39.9 Å². The first kappa shape index (κ1) is 16.7. The summed E-state index contributed by atoms with van der Waals surface area (Å²) in [6, 6.07) is 5.43. The van der Waals surface area contributed by atoms with Crippen molar-refractivity contribution in [2.75, 3.05) is 26.2 Å². The molecule has 0 unspecified atom stereocenters. The zero-order valence-corrected chi connectivity index (χ0v) is 12.0. The summed E-state index contributed by atoms with van der Waals surface area (Å²) in [7, 11) is 0. The molecule has 1 aliphatic rings. The standard InChI is InChI=1S/C14H18F3N3O2/c15-14(16,17)6-5-13(19-9-7-18-8-10-19)11-1-3-12(4-2-11)20(21)22/h1-4,13,18H,5-10H2/t13-/m0/s1. The van der Waals surface area contributed by atoms with E-state index < -0.39 is 17.5 Å². The molecule has 1 aromatic rings. The van der Waals surface area contributed by atoms with Crippen molar-refractivity contribution in [1.29, 1.82) is 0 Å². The third-order valence-corrected chi connectivity index (χ3v) is 3.78. The maximum absolute atomic E-state index is 12.5. The van der Waals surface area contributed by atoms with Crippen LogP contribution in [0.1, 0.15) is 24.4 Å². The second-order valence-electron chi connectivity index (χ2n) is 5.30. The van der Waals surface area contributed by atoms with Crippen LogP contribution in [0.5, 0.6) is 0 Å². The summed E-state index contributed by atoms with van der Waals surface area (Å²) in [6.07, 6.45) is -5.10. The summed E-state index contributed by atoms with van der Waals surface area (Å²) in [5.74, 6) is 0. The van der Waals surface area contributed by atoms with Crippen molar-refractivity contribution >= 4 is 5.69 Å².